The molecule has 160 valence electrons. The zero-order valence-corrected chi connectivity index (χ0v) is 16.3. The predicted molar refractivity (Wildman–Crippen MR) is 106 cm³/mol. The third kappa shape index (κ3) is 5.88. The third-order valence-electron chi connectivity index (χ3n) is 4.72. The van der Waals surface area contributed by atoms with Crippen LogP contribution in [0.5, 0.6) is 5.75 Å². The number of carbonyl (C=O) groups excluding carboxylic acids is 2. The molecule has 1 fully saturated rings. The Hall–Kier alpha value is -3.23. The molecular weight excluding hydrogens is 399 g/mol. The van der Waals surface area contributed by atoms with E-state index >= 15 is 0 Å². The molecule has 1 saturated heterocycles. The number of likely N-dealkylation sites (tertiary alicyclic amines) is 1. The number of anilines is 2. The summed E-state index contributed by atoms with van der Waals surface area (Å²) in [4.78, 5) is 26.7. The second kappa shape index (κ2) is 9.06. The van der Waals surface area contributed by atoms with Gasteiger partial charge in [-0.3, -0.25) is 4.79 Å². The first-order valence-electron chi connectivity index (χ1n) is 9.49. The van der Waals surface area contributed by atoms with E-state index in [2.05, 4.69) is 15.4 Å². The Kier molecular flexibility index (Phi) is 6.49. The number of hydrogen-bond acceptors (Lipinski definition) is 3. The maximum atomic E-state index is 12.7. The van der Waals surface area contributed by atoms with Crippen LogP contribution < -0.4 is 15.4 Å². The number of rotatable bonds is 4. The Morgan fingerprint density at radius 2 is 1.87 bits per heavy atom. The summed E-state index contributed by atoms with van der Waals surface area (Å²) in [5, 5.41) is 5.30. The van der Waals surface area contributed by atoms with E-state index in [1.165, 1.54) is 23.1 Å². The van der Waals surface area contributed by atoms with Gasteiger partial charge in [0.2, 0.25) is 5.91 Å². The van der Waals surface area contributed by atoms with Gasteiger partial charge in [-0.1, -0.05) is 24.3 Å². The molecule has 1 atom stereocenters. The van der Waals surface area contributed by atoms with Gasteiger partial charge in [-0.25, -0.2) is 4.79 Å². The Balaban J connectivity index is 1.63. The minimum atomic E-state index is -4.86. The monoisotopic (exact) mass is 421 g/mol. The maximum absolute atomic E-state index is 12.7. The molecule has 3 rings (SSSR count). The number of benzene rings is 2. The normalized spacial score (nSPS) is 16.7. The largest absolute Gasteiger partial charge is 0.573 e. The number of para-hydroxylation sites is 2. The van der Waals surface area contributed by atoms with Gasteiger partial charge in [0.25, 0.3) is 0 Å². The van der Waals surface area contributed by atoms with Crippen molar-refractivity contribution in [3.8, 4) is 5.75 Å². The summed E-state index contributed by atoms with van der Waals surface area (Å²) in [7, 11) is 0. The number of ether oxygens (including phenoxy) is 1. The average molecular weight is 421 g/mol. The van der Waals surface area contributed by atoms with E-state index in [0.717, 1.165) is 11.6 Å². The molecule has 30 heavy (non-hydrogen) atoms. The highest BCUT2D eigenvalue weighted by Gasteiger charge is 2.33. The molecule has 1 aliphatic heterocycles. The van der Waals surface area contributed by atoms with Crippen LogP contribution in [0.3, 0.4) is 0 Å². The van der Waals surface area contributed by atoms with Crippen molar-refractivity contribution in [1.29, 1.82) is 0 Å². The summed E-state index contributed by atoms with van der Waals surface area (Å²) in [5.74, 6) is -1.48. The van der Waals surface area contributed by atoms with Gasteiger partial charge in [0, 0.05) is 18.8 Å². The van der Waals surface area contributed by atoms with Crippen molar-refractivity contribution in [2.45, 2.75) is 26.1 Å². The van der Waals surface area contributed by atoms with Crippen LogP contribution in [-0.4, -0.2) is 36.3 Å². The maximum Gasteiger partial charge on any atom is 0.573 e. The Labute approximate surface area is 172 Å². The fourth-order valence-corrected chi connectivity index (χ4v) is 3.32. The molecule has 0 spiro atoms. The number of nitrogens with one attached hydrogen (secondary N) is 2. The smallest absolute Gasteiger partial charge is 0.404 e. The summed E-state index contributed by atoms with van der Waals surface area (Å²) < 4.78 is 41.7. The first-order valence-corrected chi connectivity index (χ1v) is 9.49. The molecule has 1 heterocycles. The molecule has 9 heteroatoms. The van der Waals surface area contributed by atoms with Gasteiger partial charge in [-0.15, -0.1) is 13.2 Å². The van der Waals surface area contributed by atoms with E-state index < -0.39 is 23.9 Å². The topological polar surface area (TPSA) is 70.7 Å². The molecule has 0 radical (unpaired) electrons. The van der Waals surface area contributed by atoms with Crippen molar-refractivity contribution in [3.05, 3.63) is 54.1 Å². The molecule has 2 aromatic rings. The molecule has 1 aliphatic rings. The number of nitrogens with zero attached hydrogens (tertiary/aromatic N) is 1. The lowest BCUT2D eigenvalue weighted by Crippen LogP contribution is -2.45. The fraction of sp³-hybridized carbons (Fsp3) is 0.333. The number of alkyl halides is 3. The van der Waals surface area contributed by atoms with Crippen LogP contribution in [0.2, 0.25) is 0 Å². The van der Waals surface area contributed by atoms with Crippen LogP contribution >= 0.6 is 0 Å². The van der Waals surface area contributed by atoms with E-state index in [1.54, 1.807) is 6.07 Å². The third-order valence-corrected chi connectivity index (χ3v) is 4.72. The number of amides is 3. The molecule has 3 amide bonds. The number of hydrogen-bond donors (Lipinski definition) is 2. The van der Waals surface area contributed by atoms with Crippen molar-refractivity contribution >= 4 is 23.3 Å². The molecule has 6 nitrogen and oxygen atoms in total. The zero-order valence-electron chi connectivity index (χ0n) is 16.3. The number of aryl methyl sites for hydroxylation is 1. The van der Waals surface area contributed by atoms with Crippen molar-refractivity contribution in [1.82, 2.24) is 4.90 Å². The van der Waals surface area contributed by atoms with Gasteiger partial charge in [0.05, 0.1) is 11.6 Å². The molecule has 1 unspecified atom stereocenters. The number of urea groups is 1. The SMILES string of the molecule is Cc1cccc(NC(=O)N2CCCC(C(=O)Nc3ccccc3OC(F)(F)F)C2)c1. The molecule has 0 aromatic heterocycles. The van der Waals surface area contributed by atoms with Gasteiger partial charge >= 0.3 is 12.4 Å². The highest BCUT2D eigenvalue weighted by Crippen LogP contribution is 2.31. The Morgan fingerprint density at radius 3 is 2.60 bits per heavy atom. The lowest BCUT2D eigenvalue weighted by molar-refractivity contribution is -0.274. The van der Waals surface area contributed by atoms with E-state index in [0.29, 0.717) is 25.1 Å². The minimum Gasteiger partial charge on any atom is -0.404 e. The van der Waals surface area contributed by atoms with E-state index in [-0.39, 0.29) is 18.3 Å². The van der Waals surface area contributed by atoms with E-state index in [4.69, 9.17) is 0 Å². The summed E-state index contributed by atoms with van der Waals surface area (Å²) in [5.41, 5.74) is 1.59. The second-order valence-electron chi connectivity index (χ2n) is 7.12. The average Bonchev–Trinajstić information content (AvgIpc) is 2.68. The van der Waals surface area contributed by atoms with E-state index in [9.17, 15) is 22.8 Å². The van der Waals surface area contributed by atoms with Crippen LogP contribution in [-0.2, 0) is 4.79 Å². The van der Waals surface area contributed by atoms with Crippen molar-refractivity contribution < 1.29 is 27.5 Å². The van der Waals surface area contributed by atoms with Gasteiger partial charge in [0.1, 0.15) is 0 Å². The minimum absolute atomic E-state index is 0.0684. The van der Waals surface area contributed by atoms with Crippen molar-refractivity contribution in [3.63, 3.8) is 0 Å². The summed E-state index contributed by atoms with van der Waals surface area (Å²) in [6, 6.07) is 12.4. The Morgan fingerprint density at radius 1 is 1.10 bits per heavy atom. The van der Waals surface area contributed by atoms with Crippen molar-refractivity contribution in [2.24, 2.45) is 5.92 Å². The summed E-state index contributed by atoms with van der Waals surface area (Å²) in [6.45, 7) is 2.58. The fourth-order valence-electron chi connectivity index (χ4n) is 3.32. The van der Waals surface area contributed by atoms with Crippen LogP contribution in [0.4, 0.5) is 29.3 Å². The summed E-state index contributed by atoms with van der Waals surface area (Å²) in [6.07, 6.45) is -3.72. The molecular formula is C21H22F3N3O3. The lowest BCUT2D eigenvalue weighted by Gasteiger charge is -2.32. The van der Waals surface area contributed by atoms with E-state index in [1.807, 2.05) is 25.1 Å². The van der Waals surface area contributed by atoms with Gasteiger partial charge < -0.3 is 20.3 Å². The highest BCUT2D eigenvalue weighted by atomic mass is 19.4. The van der Waals surface area contributed by atoms with Gasteiger partial charge in [0.15, 0.2) is 5.75 Å². The van der Waals surface area contributed by atoms with Gasteiger partial charge in [-0.05, 0) is 49.6 Å². The predicted octanol–water partition coefficient (Wildman–Crippen LogP) is 4.78. The zero-order chi connectivity index (χ0) is 21.7. The molecule has 0 saturated carbocycles. The van der Waals surface area contributed by atoms with Crippen molar-refractivity contribution in [2.75, 3.05) is 23.7 Å². The first-order chi connectivity index (χ1) is 14.2. The van der Waals surface area contributed by atoms with Crippen LogP contribution in [0, 0.1) is 12.8 Å². The molecule has 2 aromatic carbocycles. The molecule has 2 N–H and O–H groups in total. The highest BCUT2D eigenvalue weighted by molar-refractivity contribution is 5.95. The second-order valence-corrected chi connectivity index (χ2v) is 7.12. The lowest BCUT2D eigenvalue weighted by atomic mass is 9.97. The quantitative estimate of drug-likeness (QED) is 0.747. The van der Waals surface area contributed by atoms with Gasteiger partial charge in [-0.2, -0.15) is 0 Å². The standard InChI is InChI=1S/C21H22F3N3O3/c1-14-6-4-8-16(12-14)25-20(29)27-11-5-7-15(13-27)19(28)26-17-9-2-3-10-18(17)30-21(22,23)24/h2-4,6,8-10,12,15H,5,7,11,13H2,1H3,(H,25,29)(H,26,28). The molecule has 0 aliphatic carbocycles. The number of halogens is 3. The summed E-state index contributed by atoms with van der Waals surface area (Å²) >= 11 is 0. The number of piperidine rings is 1. The van der Waals surface area contributed by atoms with Crippen LogP contribution in [0.15, 0.2) is 48.5 Å². The van der Waals surface area contributed by atoms with Crippen LogP contribution in [0.25, 0.3) is 0 Å². The molecule has 0 bridgehead atoms. The number of carbonyl (C=O) groups is 2. The Bertz CT molecular complexity index is 918. The first kappa shape index (κ1) is 21.5. The van der Waals surface area contributed by atoms with Crippen LogP contribution in [0.1, 0.15) is 18.4 Å².